The molecule has 0 fully saturated rings. The maximum atomic E-state index is 13.8. The molecule has 196 valence electrons. The molecule has 0 aliphatic rings. The fraction of sp³-hybridized carbons (Fsp3) is 0.375. The van der Waals surface area contributed by atoms with Crippen molar-refractivity contribution in [2.24, 2.45) is 0 Å². The van der Waals surface area contributed by atoms with Crippen molar-refractivity contribution in [3.63, 3.8) is 0 Å². The Labute approximate surface area is 221 Å². The molecule has 5 nitrogen and oxygen atoms in total. The van der Waals surface area contributed by atoms with Crippen molar-refractivity contribution in [2.45, 2.75) is 73.0 Å². The third-order valence-electron chi connectivity index (χ3n) is 6.36. The first-order valence-electron chi connectivity index (χ1n) is 12.8. The summed E-state index contributed by atoms with van der Waals surface area (Å²) in [7, 11) is 0. The normalized spacial score (nSPS) is 12.1. The van der Waals surface area contributed by atoms with E-state index < -0.39 is 11.6 Å². The first-order chi connectivity index (χ1) is 17.4. The summed E-state index contributed by atoms with van der Waals surface area (Å²) in [6, 6.07) is 21.2. The van der Waals surface area contributed by atoms with E-state index in [1.54, 1.807) is 4.90 Å². The molecule has 0 aromatic heterocycles. The minimum absolute atomic E-state index is 0.149. The summed E-state index contributed by atoms with van der Waals surface area (Å²) in [6.07, 6.45) is 0.406. The van der Waals surface area contributed by atoms with Gasteiger partial charge in [0.05, 0.1) is 0 Å². The van der Waals surface area contributed by atoms with Crippen molar-refractivity contribution in [1.29, 1.82) is 0 Å². The second-order valence-corrected chi connectivity index (χ2v) is 10.9. The number of nitrogens with zero attached hydrogens (tertiary/aromatic N) is 1. The van der Waals surface area contributed by atoms with Crippen molar-refractivity contribution in [3.8, 4) is 5.75 Å². The Bertz CT molecular complexity index is 1210. The van der Waals surface area contributed by atoms with E-state index in [-0.39, 0.29) is 18.4 Å². The lowest BCUT2D eigenvalue weighted by Gasteiger charge is -2.34. The van der Waals surface area contributed by atoms with Crippen LogP contribution in [-0.2, 0) is 22.6 Å². The Morgan fingerprint density at radius 3 is 2.14 bits per heavy atom. The number of ether oxygens (including phenoxy) is 1. The Morgan fingerprint density at radius 1 is 0.865 bits per heavy atom. The Kier molecular flexibility index (Phi) is 9.14. The van der Waals surface area contributed by atoms with Gasteiger partial charge in [-0.05, 0) is 82.3 Å². The van der Waals surface area contributed by atoms with Crippen LogP contribution in [-0.4, -0.2) is 34.9 Å². The molecule has 37 heavy (non-hydrogen) atoms. The predicted molar refractivity (Wildman–Crippen MR) is 150 cm³/mol. The monoisotopic (exact) mass is 500 g/mol. The number of rotatable bonds is 9. The van der Waals surface area contributed by atoms with E-state index in [1.807, 2.05) is 109 Å². The van der Waals surface area contributed by atoms with E-state index in [4.69, 9.17) is 4.74 Å². The number of amides is 2. The zero-order valence-electron chi connectivity index (χ0n) is 23.2. The third-order valence-corrected chi connectivity index (χ3v) is 6.36. The molecule has 0 aliphatic carbocycles. The summed E-state index contributed by atoms with van der Waals surface area (Å²) in [6.45, 7) is 14.1. The van der Waals surface area contributed by atoms with E-state index in [1.165, 1.54) is 0 Å². The van der Waals surface area contributed by atoms with Crippen molar-refractivity contribution < 1.29 is 14.3 Å². The van der Waals surface area contributed by atoms with Crippen LogP contribution in [0.4, 0.5) is 0 Å². The molecule has 0 spiro atoms. The molecular formula is C32H40N2O3. The SMILES string of the molecule is Cc1ccc(CN(C(=O)COc2cc(C)cc(C)c2C)C(Cc2ccccc2)C(=O)NC(C)(C)C)cc1. The highest BCUT2D eigenvalue weighted by Gasteiger charge is 2.32. The van der Waals surface area contributed by atoms with Gasteiger partial charge in [-0.3, -0.25) is 9.59 Å². The minimum atomic E-state index is -0.695. The van der Waals surface area contributed by atoms with Gasteiger partial charge in [0.25, 0.3) is 5.91 Å². The molecule has 3 rings (SSSR count). The smallest absolute Gasteiger partial charge is 0.261 e. The molecule has 0 aliphatic heterocycles. The van der Waals surface area contributed by atoms with Crippen LogP contribution in [0.1, 0.15) is 54.2 Å². The van der Waals surface area contributed by atoms with Crippen LogP contribution < -0.4 is 10.1 Å². The van der Waals surface area contributed by atoms with Crippen molar-refractivity contribution in [2.75, 3.05) is 6.61 Å². The summed E-state index contributed by atoms with van der Waals surface area (Å²) < 4.78 is 6.06. The molecule has 0 bridgehead atoms. The molecule has 2 amide bonds. The highest BCUT2D eigenvalue weighted by Crippen LogP contribution is 2.24. The molecule has 1 N–H and O–H groups in total. The Hall–Kier alpha value is -3.60. The van der Waals surface area contributed by atoms with Gasteiger partial charge in [0.15, 0.2) is 6.61 Å². The maximum absolute atomic E-state index is 13.8. The van der Waals surface area contributed by atoms with Gasteiger partial charge in [0, 0.05) is 18.5 Å². The van der Waals surface area contributed by atoms with Crippen LogP contribution in [0.2, 0.25) is 0 Å². The number of benzene rings is 3. The second kappa shape index (κ2) is 12.1. The number of hydrogen-bond acceptors (Lipinski definition) is 3. The predicted octanol–water partition coefficient (Wildman–Crippen LogP) is 5.85. The number of hydrogen-bond donors (Lipinski definition) is 1. The number of carbonyl (C=O) groups excluding carboxylic acids is 2. The topological polar surface area (TPSA) is 58.6 Å². The van der Waals surface area contributed by atoms with Crippen LogP contribution in [0.25, 0.3) is 0 Å². The number of aryl methyl sites for hydroxylation is 3. The van der Waals surface area contributed by atoms with E-state index in [0.717, 1.165) is 33.4 Å². The summed E-state index contributed by atoms with van der Waals surface area (Å²) in [4.78, 5) is 29.1. The molecule has 1 atom stereocenters. The highest BCUT2D eigenvalue weighted by molar-refractivity contribution is 5.89. The van der Waals surface area contributed by atoms with Gasteiger partial charge in [-0.1, -0.05) is 66.2 Å². The van der Waals surface area contributed by atoms with Crippen LogP contribution >= 0.6 is 0 Å². The zero-order chi connectivity index (χ0) is 27.2. The molecule has 5 heteroatoms. The van der Waals surface area contributed by atoms with Gasteiger partial charge in [0.2, 0.25) is 5.91 Å². The van der Waals surface area contributed by atoms with Gasteiger partial charge in [-0.15, -0.1) is 0 Å². The molecule has 0 radical (unpaired) electrons. The lowest BCUT2D eigenvalue weighted by atomic mass is 10.0. The van der Waals surface area contributed by atoms with Gasteiger partial charge in [-0.2, -0.15) is 0 Å². The number of nitrogens with one attached hydrogen (secondary N) is 1. The lowest BCUT2D eigenvalue weighted by molar-refractivity contribution is -0.143. The van der Waals surface area contributed by atoms with Crippen LogP contribution in [0.5, 0.6) is 5.75 Å². The Morgan fingerprint density at radius 2 is 1.51 bits per heavy atom. The zero-order valence-corrected chi connectivity index (χ0v) is 23.2. The summed E-state index contributed by atoms with van der Waals surface area (Å²) >= 11 is 0. The summed E-state index contributed by atoms with van der Waals surface area (Å²) in [5.41, 5.74) is 5.86. The Balaban J connectivity index is 1.95. The fourth-order valence-corrected chi connectivity index (χ4v) is 4.27. The van der Waals surface area contributed by atoms with Crippen molar-refractivity contribution in [1.82, 2.24) is 10.2 Å². The average molecular weight is 501 g/mol. The molecule has 0 saturated heterocycles. The first-order valence-corrected chi connectivity index (χ1v) is 12.8. The van der Waals surface area contributed by atoms with Crippen LogP contribution in [0.15, 0.2) is 66.7 Å². The van der Waals surface area contributed by atoms with Gasteiger partial charge in [-0.25, -0.2) is 0 Å². The van der Waals surface area contributed by atoms with Gasteiger partial charge >= 0.3 is 0 Å². The highest BCUT2D eigenvalue weighted by atomic mass is 16.5. The summed E-state index contributed by atoms with van der Waals surface area (Å²) in [5, 5.41) is 3.09. The molecule has 0 saturated carbocycles. The molecule has 3 aromatic carbocycles. The van der Waals surface area contributed by atoms with E-state index in [9.17, 15) is 9.59 Å². The van der Waals surface area contributed by atoms with Crippen molar-refractivity contribution in [3.05, 3.63) is 100 Å². The quantitative estimate of drug-likeness (QED) is 0.401. The molecule has 1 unspecified atom stereocenters. The second-order valence-electron chi connectivity index (χ2n) is 10.9. The molecule has 0 heterocycles. The van der Waals surface area contributed by atoms with Gasteiger partial charge in [0.1, 0.15) is 11.8 Å². The van der Waals surface area contributed by atoms with Crippen LogP contribution in [0, 0.1) is 27.7 Å². The molecule has 3 aromatic rings. The minimum Gasteiger partial charge on any atom is -0.483 e. The fourth-order valence-electron chi connectivity index (χ4n) is 4.27. The number of carbonyl (C=O) groups is 2. The summed E-state index contributed by atoms with van der Waals surface area (Å²) in [5.74, 6) is 0.281. The largest absolute Gasteiger partial charge is 0.483 e. The van der Waals surface area contributed by atoms with Crippen molar-refractivity contribution >= 4 is 11.8 Å². The standard InChI is InChI=1S/C32H40N2O3/c1-22-13-15-27(16-14-22)20-34(30(35)21-37-29-18-23(2)17-24(3)25(29)4)28(31(36)33-32(5,6)7)19-26-11-9-8-10-12-26/h8-18,28H,19-21H2,1-7H3,(H,33,36). The van der Waals surface area contributed by atoms with E-state index >= 15 is 0 Å². The van der Waals surface area contributed by atoms with E-state index in [0.29, 0.717) is 18.7 Å². The maximum Gasteiger partial charge on any atom is 0.261 e. The van der Waals surface area contributed by atoms with Crippen LogP contribution in [0.3, 0.4) is 0 Å². The molecular weight excluding hydrogens is 460 g/mol. The van der Waals surface area contributed by atoms with E-state index in [2.05, 4.69) is 11.4 Å². The average Bonchev–Trinajstić information content (AvgIpc) is 2.83. The lowest BCUT2D eigenvalue weighted by Crippen LogP contribution is -2.55. The van der Waals surface area contributed by atoms with Gasteiger partial charge < -0.3 is 15.0 Å². The first kappa shape index (κ1) is 28.0. The third kappa shape index (κ3) is 8.21.